The number of halogens is 3. The van der Waals surface area contributed by atoms with E-state index in [2.05, 4.69) is 12.2 Å². The molecule has 0 fully saturated rings. The van der Waals surface area contributed by atoms with Crippen molar-refractivity contribution in [3.05, 3.63) is 54.1 Å². The van der Waals surface area contributed by atoms with Gasteiger partial charge in [0, 0.05) is 11.4 Å². The Bertz CT molecular complexity index is 772. The quantitative estimate of drug-likeness (QED) is 0.758. The summed E-state index contributed by atoms with van der Waals surface area (Å²) in [6.45, 7) is 1.88. The SMILES string of the molecule is CCCc1ccc(OCC(=O)Nc2ccc(NC(=O)C(F)(F)F)cc2)cc1. The van der Waals surface area contributed by atoms with Gasteiger partial charge in [-0.3, -0.25) is 9.59 Å². The van der Waals surface area contributed by atoms with E-state index in [4.69, 9.17) is 4.74 Å². The van der Waals surface area contributed by atoms with E-state index < -0.39 is 18.0 Å². The maximum absolute atomic E-state index is 12.2. The number of alkyl halides is 3. The summed E-state index contributed by atoms with van der Waals surface area (Å²) in [7, 11) is 0. The van der Waals surface area contributed by atoms with Gasteiger partial charge >= 0.3 is 12.1 Å². The summed E-state index contributed by atoms with van der Waals surface area (Å²) in [5.74, 6) is -1.91. The molecule has 0 aliphatic heterocycles. The summed E-state index contributed by atoms with van der Waals surface area (Å²) >= 11 is 0. The van der Waals surface area contributed by atoms with Gasteiger partial charge in [-0.15, -0.1) is 0 Å². The van der Waals surface area contributed by atoms with Crippen LogP contribution in [0.4, 0.5) is 24.5 Å². The highest BCUT2D eigenvalue weighted by molar-refractivity contribution is 5.95. The molecular weight excluding hydrogens is 361 g/mol. The number of hydrogen-bond donors (Lipinski definition) is 2. The van der Waals surface area contributed by atoms with Crippen LogP contribution in [0.25, 0.3) is 0 Å². The number of carbonyl (C=O) groups excluding carboxylic acids is 2. The molecule has 0 unspecified atom stereocenters. The smallest absolute Gasteiger partial charge is 0.471 e. The molecule has 0 aromatic heterocycles. The van der Waals surface area contributed by atoms with Crippen molar-refractivity contribution >= 4 is 23.2 Å². The number of ether oxygens (including phenoxy) is 1. The van der Waals surface area contributed by atoms with Crippen LogP contribution in [0.2, 0.25) is 0 Å². The van der Waals surface area contributed by atoms with Gasteiger partial charge in [-0.25, -0.2) is 0 Å². The average Bonchev–Trinajstić information content (AvgIpc) is 2.62. The van der Waals surface area contributed by atoms with Crippen LogP contribution in [-0.4, -0.2) is 24.6 Å². The Morgan fingerprint density at radius 1 is 0.926 bits per heavy atom. The summed E-state index contributed by atoms with van der Waals surface area (Å²) in [5.41, 5.74) is 1.53. The highest BCUT2D eigenvalue weighted by atomic mass is 19.4. The molecule has 27 heavy (non-hydrogen) atoms. The summed E-state index contributed by atoms with van der Waals surface area (Å²) in [6, 6.07) is 12.7. The van der Waals surface area contributed by atoms with E-state index in [0.717, 1.165) is 12.8 Å². The average molecular weight is 380 g/mol. The van der Waals surface area contributed by atoms with Crippen molar-refractivity contribution in [1.82, 2.24) is 0 Å². The molecule has 144 valence electrons. The van der Waals surface area contributed by atoms with Gasteiger partial charge in [-0.2, -0.15) is 13.2 Å². The summed E-state index contributed by atoms with van der Waals surface area (Å²) in [5, 5.41) is 4.28. The molecule has 2 N–H and O–H groups in total. The Balaban J connectivity index is 1.82. The molecule has 0 spiro atoms. The van der Waals surface area contributed by atoms with Gasteiger partial charge in [0.1, 0.15) is 5.75 Å². The van der Waals surface area contributed by atoms with E-state index in [1.54, 1.807) is 17.4 Å². The second kappa shape index (κ2) is 9.07. The zero-order chi connectivity index (χ0) is 19.9. The zero-order valence-corrected chi connectivity index (χ0v) is 14.6. The summed E-state index contributed by atoms with van der Waals surface area (Å²) < 4.78 is 42.0. The topological polar surface area (TPSA) is 67.4 Å². The molecule has 0 radical (unpaired) electrons. The Labute approximate surface area is 154 Å². The summed E-state index contributed by atoms with van der Waals surface area (Å²) in [4.78, 5) is 22.7. The van der Waals surface area contributed by atoms with E-state index >= 15 is 0 Å². The van der Waals surface area contributed by atoms with Crippen LogP contribution >= 0.6 is 0 Å². The van der Waals surface area contributed by atoms with E-state index in [0.29, 0.717) is 11.4 Å². The van der Waals surface area contributed by atoms with Crippen molar-refractivity contribution < 1.29 is 27.5 Å². The molecule has 0 aliphatic rings. The van der Waals surface area contributed by atoms with Crippen LogP contribution in [0.5, 0.6) is 5.75 Å². The van der Waals surface area contributed by atoms with Gasteiger partial charge in [-0.05, 0) is 48.4 Å². The first-order valence-electron chi connectivity index (χ1n) is 8.27. The van der Waals surface area contributed by atoms with E-state index in [-0.39, 0.29) is 12.3 Å². The third-order valence-electron chi connectivity index (χ3n) is 3.52. The molecular formula is C19H19F3N2O3. The van der Waals surface area contributed by atoms with Gasteiger partial charge in [-0.1, -0.05) is 25.5 Å². The molecule has 2 aromatic carbocycles. The standard InChI is InChI=1S/C19H19F3N2O3/c1-2-3-13-4-10-16(11-5-13)27-12-17(25)23-14-6-8-15(9-7-14)24-18(26)19(20,21)22/h4-11H,2-3,12H2,1H3,(H,23,25)(H,24,26). The Morgan fingerprint density at radius 2 is 1.48 bits per heavy atom. The number of rotatable bonds is 7. The third kappa shape index (κ3) is 6.65. The highest BCUT2D eigenvalue weighted by Gasteiger charge is 2.38. The second-order valence-electron chi connectivity index (χ2n) is 5.76. The monoisotopic (exact) mass is 380 g/mol. The van der Waals surface area contributed by atoms with E-state index in [1.165, 1.54) is 29.8 Å². The van der Waals surface area contributed by atoms with Crippen LogP contribution < -0.4 is 15.4 Å². The maximum atomic E-state index is 12.2. The Kier molecular flexibility index (Phi) is 6.81. The fourth-order valence-corrected chi connectivity index (χ4v) is 2.23. The maximum Gasteiger partial charge on any atom is 0.471 e. The van der Waals surface area contributed by atoms with Gasteiger partial charge in [0.15, 0.2) is 6.61 Å². The van der Waals surface area contributed by atoms with Crippen molar-refractivity contribution in [2.24, 2.45) is 0 Å². The van der Waals surface area contributed by atoms with E-state index in [1.807, 2.05) is 12.1 Å². The first kappa shape index (κ1) is 20.3. The van der Waals surface area contributed by atoms with Gasteiger partial charge in [0.05, 0.1) is 0 Å². The van der Waals surface area contributed by atoms with Crippen LogP contribution in [-0.2, 0) is 16.0 Å². The number of nitrogens with one attached hydrogen (secondary N) is 2. The molecule has 2 aromatic rings. The van der Waals surface area contributed by atoms with Crippen LogP contribution in [0.3, 0.4) is 0 Å². The lowest BCUT2D eigenvalue weighted by atomic mass is 10.1. The van der Waals surface area contributed by atoms with Gasteiger partial charge in [0.2, 0.25) is 0 Å². The number of amides is 2. The lowest BCUT2D eigenvalue weighted by molar-refractivity contribution is -0.167. The van der Waals surface area contributed by atoms with Crippen molar-refractivity contribution in [1.29, 1.82) is 0 Å². The van der Waals surface area contributed by atoms with Crippen LogP contribution in [0.15, 0.2) is 48.5 Å². The predicted molar refractivity (Wildman–Crippen MR) is 95.7 cm³/mol. The van der Waals surface area contributed by atoms with Crippen molar-refractivity contribution in [3.63, 3.8) is 0 Å². The largest absolute Gasteiger partial charge is 0.484 e. The van der Waals surface area contributed by atoms with Gasteiger partial charge < -0.3 is 15.4 Å². The molecule has 0 saturated heterocycles. The number of anilines is 2. The molecule has 5 nitrogen and oxygen atoms in total. The molecule has 0 bridgehead atoms. The Hall–Kier alpha value is -3.03. The predicted octanol–water partition coefficient (Wildman–Crippen LogP) is 4.16. The zero-order valence-electron chi connectivity index (χ0n) is 14.6. The number of aryl methyl sites for hydroxylation is 1. The normalized spacial score (nSPS) is 11.0. The number of benzene rings is 2. The second-order valence-corrected chi connectivity index (χ2v) is 5.76. The van der Waals surface area contributed by atoms with Gasteiger partial charge in [0.25, 0.3) is 5.91 Å². The minimum atomic E-state index is -4.96. The summed E-state index contributed by atoms with van der Waals surface area (Å²) in [6.07, 6.45) is -2.94. The Morgan fingerprint density at radius 3 is 2.00 bits per heavy atom. The first-order chi connectivity index (χ1) is 12.8. The lowest BCUT2D eigenvalue weighted by Gasteiger charge is -2.10. The fraction of sp³-hybridized carbons (Fsp3) is 0.263. The fourth-order valence-electron chi connectivity index (χ4n) is 2.23. The minimum absolute atomic E-state index is 0.0289. The van der Waals surface area contributed by atoms with Crippen molar-refractivity contribution in [2.75, 3.05) is 17.2 Å². The first-order valence-corrected chi connectivity index (χ1v) is 8.27. The molecule has 0 atom stereocenters. The molecule has 0 saturated carbocycles. The lowest BCUT2D eigenvalue weighted by Crippen LogP contribution is -2.29. The highest BCUT2D eigenvalue weighted by Crippen LogP contribution is 2.20. The van der Waals surface area contributed by atoms with Crippen molar-refractivity contribution in [3.8, 4) is 5.75 Å². The number of hydrogen-bond acceptors (Lipinski definition) is 3. The minimum Gasteiger partial charge on any atom is -0.484 e. The molecule has 0 aliphatic carbocycles. The van der Waals surface area contributed by atoms with Crippen LogP contribution in [0, 0.1) is 0 Å². The molecule has 0 heterocycles. The molecule has 2 rings (SSSR count). The molecule has 2 amide bonds. The molecule has 8 heteroatoms. The number of carbonyl (C=O) groups is 2. The third-order valence-corrected chi connectivity index (χ3v) is 3.52. The van der Waals surface area contributed by atoms with Crippen molar-refractivity contribution in [2.45, 2.75) is 25.9 Å². The van der Waals surface area contributed by atoms with Crippen LogP contribution in [0.1, 0.15) is 18.9 Å². The van der Waals surface area contributed by atoms with E-state index in [9.17, 15) is 22.8 Å².